The molecule has 1 aliphatic heterocycles. The molecule has 1 aromatic rings. The van der Waals surface area contributed by atoms with E-state index in [1.165, 1.54) is 9.80 Å². The lowest BCUT2D eigenvalue weighted by Crippen LogP contribution is -2.49. The first kappa shape index (κ1) is 14.4. The van der Waals surface area contributed by atoms with Crippen LogP contribution in [0.5, 0.6) is 0 Å². The summed E-state index contributed by atoms with van der Waals surface area (Å²) in [5, 5.41) is 0. The van der Waals surface area contributed by atoms with Gasteiger partial charge in [0.25, 0.3) is 5.95 Å². The molecule has 0 bridgehead atoms. The number of aromatic nitrogens is 1. The fraction of sp³-hybridized carbons (Fsp3) is 0.500. The first-order valence-electron chi connectivity index (χ1n) is 6.21. The van der Waals surface area contributed by atoms with Crippen molar-refractivity contribution in [3.63, 3.8) is 0 Å². The molecule has 1 saturated heterocycles. The second kappa shape index (κ2) is 5.98. The molecular formula is C12H14F3N3O2. The molecule has 0 spiro atoms. The van der Waals surface area contributed by atoms with Crippen LogP contribution in [0.15, 0.2) is 6.07 Å². The molecule has 8 heteroatoms. The zero-order chi connectivity index (χ0) is 14.7. The predicted molar refractivity (Wildman–Crippen MR) is 64.9 cm³/mol. The Morgan fingerprint density at radius 1 is 1.25 bits per heavy atom. The zero-order valence-corrected chi connectivity index (χ0v) is 10.9. The van der Waals surface area contributed by atoms with E-state index >= 15 is 0 Å². The Balaban J connectivity index is 2.04. The molecule has 0 aromatic carbocycles. The van der Waals surface area contributed by atoms with Crippen molar-refractivity contribution in [3.8, 4) is 0 Å². The third-order valence-electron chi connectivity index (χ3n) is 2.97. The van der Waals surface area contributed by atoms with Crippen LogP contribution >= 0.6 is 0 Å². The van der Waals surface area contributed by atoms with Crippen molar-refractivity contribution in [3.05, 3.63) is 23.6 Å². The maximum atomic E-state index is 13.6. The number of ether oxygens (including phenoxy) is 1. The zero-order valence-electron chi connectivity index (χ0n) is 10.9. The smallest absolute Gasteiger partial charge is 0.409 e. The Bertz CT molecular complexity index is 505. The van der Waals surface area contributed by atoms with Crippen LogP contribution in [-0.2, 0) is 4.74 Å². The quantitative estimate of drug-likeness (QED) is 0.779. The van der Waals surface area contributed by atoms with E-state index in [2.05, 4.69) is 4.98 Å². The van der Waals surface area contributed by atoms with E-state index in [1.54, 1.807) is 6.92 Å². The van der Waals surface area contributed by atoms with Gasteiger partial charge in [0.2, 0.25) is 0 Å². The highest BCUT2D eigenvalue weighted by Crippen LogP contribution is 2.20. The van der Waals surface area contributed by atoms with Gasteiger partial charge in [0.15, 0.2) is 17.5 Å². The maximum Gasteiger partial charge on any atom is 0.409 e. The molecular weight excluding hydrogens is 275 g/mol. The van der Waals surface area contributed by atoms with Crippen LogP contribution in [0.25, 0.3) is 0 Å². The average Bonchev–Trinajstić information content (AvgIpc) is 2.43. The van der Waals surface area contributed by atoms with Crippen LogP contribution < -0.4 is 4.90 Å². The summed E-state index contributed by atoms with van der Waals surface area (Å²) in [6.45, 7) is 3.13. The second-order valence-corrected chi connectivity index (χ2v) is 4.24. The van der Waals surface area contributed by atoms with Crippen molar-refractivity contribution >= 4 is 11.9 Å². The number of hydrogen-bond acceptors (Lipinski definition) is 4. The number of pyridine rings is 1. The Morgan fingerprint density at radius 2 is 1.90 bits per heavy atom. The van der Waals surface area contributed by atoms with Crippen LogP contribution in [-0.4, -0.2) is 48.8 Å². The summed E-state index contributed by atoms with van der Waals surface area (Å²) in [5.74, 6) is -3.83. The summed E-state index contributed by atoms with van der Waals surface area (Å²) in [6.07, 6.45) is -0.439. The van der Waals surface area contributed by atoms with Crippen molar-refractivity contribution in [1.29, 1.82) is 0 Å². The van der Waals surface area contributed by atoms with Gasteiger partial charge in [-0.3, -0.25) is 0 Å². The third kappa shape index (κ3) is 2.94. The first-order chi connectivity index (χ1) is 9.52. The number of piperazine rings is 1. The van der Waals surface area contributed by atoms with Crippen molar-refractivity contribution < 1.29 is 22.7 Å². The molecule has 1 aromatic heterocycles. The highest BCUT2D eigenvalue weighted by Gasteiger charge is 2.25. The molecule has 0 N–H and O–H groups in total. The molecule has 5 nitrogen and oxygen atoms in total. The molecule has 0 unspecified atom stereocenters. The molecule has 0 radical (unpaired) electrons. The molecule has 20 heavy (non-hydrogen) atoms. The van der Waals surface area contributed by atoms with Crippen LogP contribution in [0.2, 0.25) is 0 Å². The summed E-state index contributed by atoms with van der Waals surface area (Å²) in [5.41, 5.74) is 0. The SMILES string of the molecule is CCOC(=O)N1CCN(c2nc(F)c(F)cc2F)CC1. The van der Waals surface area contributed by atoms with E-state index in [-0.39, 0.29) is 25.5 Å². The van der Waals surface area contributed by atoms with E-state index in [0.717, 1.165) is 0 Å². The molecule has 0 aliphatic carbocycles. The first-order valence-corrected chi connectivity index (χ1v) is 6.21. The molecule has 110 valence electrons. The minimum atomic E-state index is -1.34. The minimum absolute atomic E-state index is 0.243. The molecule has 2 heterocycles. The van der Waals surface area contributed by atoms with Gasteiger partial charge in [0.1, 0.15) is 0 Å². The number of anilines is 1. The molecule has 0 atom stereocenters. The Labute approximate surface area is 113 Å². The lowest BCUT2D eigenvalue weighted by atomic mass is 10.3. The monoisotopic (exact) mass is 289 g/mol. The van der Waals surface area contributed by atoms with E-state index in [1.807, 2.05) is 0 Å². The van der Waals surface area contributed by atoms with Gasteiger partial charge in [-0.1, -0.05) is 0 Å². The maximum absolute atomic E-state index is 13.6. The van der Waals surface area contributed by atoms with Crippen molar-refractivity contribution in [2.24, 2.45) is 0 Å². The fourth-order valence-electron chi connectivity index (χ4n) is 1.97. The highest BCUT2D eigenvalue weighted by molar-refractivity contribution is 5.68. The van der Waals surface area contributed by atoms with E-state index < -0.39 is 23.7 Å². The Kier molecular flexibility index (Phi) is 4.31. The van der Waals surface area contributed by atoms with Gasteiger partial charge >= 0.3 is 6.09 Å². The Morgan fingerprint density at radius 3 is 2.50 bits per heavy atom. The van der Waals surface area contributed by atoms with Gasteiger partial charge in [-0.05, 0) is 6.92 Å². The number of carbonyl (C=O) groups is 1. The normalized spacial score (nSPS) is 15.4. The standard InChI is InChI=1S/C12H14F3N3O2/c1-2-20-12(19)18-5-3-17(4-6-18)11-9(14)7-8(13)10(15)16-11/h7H,2-6H2,1H3. The summed E-state index contributed by atoms with van der Waals surface area (Å²) >= 11 is 0. The largest absolute Gasteiger partial charge is 0.450 e. The molecule has 1 fully saturated rings. The number of hydrogen-bond donors (Lipinski definition) is 0. The van der Waals surface area contributed by atoms with Gasteiger partial charge in [-0.2, -0.15) is 9.37 Å². The summed E-state index contributed by atoms with van der Waals surface area (Å²) in [4.78, 5) is 17.7. The van der Waals surface area contributed by atoms with E-state index in [0.29, 0.717) is 19.2 Å². The lowest BCUT2D eigenvalue weighted by molar-refractivity contribution is 0.105. The van der Waals surface area contributed by atoms with Crippen molar-refractivity contribution in [2.45, 2.75) is 6.92 Å². The van der Waals surface area contributed by atoms with Crippen LogP contribution in [0.1, 0.15) is 6.92 Å². The molecule has 2 rings (SSSR count). The van der Waals surface area contributed by atoms with Crippen LogP contribution in [0, 0.1) is 17.6 Å². The van der Waals surface area contributed by atoms with Gasteiger partial charge in [-0.25, -0.2) is 13.6 Å². The average molecular weight is 289 g/mol. The highest BCUT2D eigenvalue weighted by atomic mass is 19.2. The summed E-state index contributed by atoms with van der Waals surface area (Å²) in [7, 11) is 0. The molecule has 0 saturated carbocycles. The second-order valence-electron chi connectivity index (χ2n) is 4.24. The number of nitrogens with zero attached hydrogens (tertiary/aromatic N) is 3. The number of rotatable bonds is 2. The third-order valence-corrected chi connectivity index (χ3v) is 2.97. The minimum Gasteiger partial charge on any atom is -0.450 e. The van der Waals surface area contributed by atoms with Gasteiger partial charge in [-0.15, -0.1) is 0 Å². The van der Waals surface area contributed by atoms with E-state index in [9.17, 15) is 18.0 Å². The fourth-order valence-corrected chi connectivity index (χ4v) is 1.97. The summed E-state index contributed by atoms with van der Waals surface area (Å²) < 4.78 is 44.3. The van der Waals surface area contributed by atoms with Crippen LogP contribution in [0.4, 0.5) is 23.8 Å². The number of amides is 1. The van der Waals surface area contributed by atoms with Gasteiger partial charge < -0.3 is 14.5 Å². The van der Waals surface area contributed by atoms with Gasteiger partial charge in [0.05, 0.1) is 6.61 Å². The molecule has 1 amide bonds. The topological polar surface area (TPSA) is 45.7 Å². The number of carbonyl (C=O) groups excluding carboxylic acids is 1. The van der Waals surface area contributed by atoms with E-state index in [4.69, 9.17) is 4.74 Å². The van der Waals surface area contributed by atoms with Crippen molar-refractivity contribution in [1.82, 2.24) is 9.88 Å². The lowest BCUT2D eigenvalue weighted by Gasteiger charge is -2.34. The number of halogens is 3. The van der Waals surface area contributed by atoms with Crippen molar-refractivity contribution in [2.75, 3.05) is 37.7 Å². The van der Waals surface area contributed by atoms with Crippen LogP contribution in [0.3, 0.4) is 0 Å². The summed E-state index contributed by atoms with van der Waals surface area (Å²) in [6, 6.07) is 0.468. The predicted octanol–water partition coefficient (Wildman–Crippen LogP) is 1.78. The Hall–Kier alpha value is -1.99. The molecule has 1 aliphatic rings. The van der Waals surface area contributed by atoms with Gasteiger partial charge in [0, 0.05) is 32.2 Å².